The molecule has 0 N–H and O–H groups in total. The summed E-state index contributed by atoms with van der Waals surface area (Å²) in [6.07, 6.45) is 10.1. The molecule has 0 aromatic rings. The van der Waals surface area contributed by atoms with Crippen molar-refractivity contribution >= 4 is 6.29 Å². The van der Waals surface area contributed by atoms with Gasteiger partial charge in [-0.1, -0.05) is 18.2 Å². The summed E-state index contributed by atoms with van der Waals surface area (Å²) in [5.74, 6) is -0.0592. The molecule has 88 valence electrons. The van der Waals surface area contributed by atoms with Crippen LogP contribution >= 0.6 is 0 Å². The van der Waals surface area contributed by atoms with Crippen molar-refractivity contribution in [2.24, 2.45) is 5.92 Å². The normalized spacial score (nSPS) is 34.6. The highest BCUT2D eigenvalue weighted by Gasteiger charge is 2.26. The Morgan fingerprint density at radius 3 is 2.81 bits per heavy atom. The molecule has 0 saturated carbocycles. The molecule has 0 aromatic carbocycles. The van der Waals surface area contributed by atoms with Crippen molar-refractivity contribution in [1.29, 1.82) is 0 Å². The third-order valence-electron chi connectivity index (χ3n) is 3.27. The van der Waals surface area contributed by atoms with E-state index in [1.54, 1.807) is 6.08 Å². The van der Waals surface area contributed by atoms with Crippen LogP contribution in [-0.2, 0) is 9.53 Å². The highest BCUT2D eigenvalue weighted by molar-refractivity contribution is 5.55. The molecule has 0 amide bonds. The minimum absolute atomic E-state index is 0.0120. The Balaban J connectivity index is 1.89. The lowest BCUT2D eigenvalue weighted by atomic mass is 9.92. The van der Waals surface area contributed by atoms with Gasteiger partial charge in [0.05, 0.1) is 18.0 Å². The highest BCUT2D eigenvalue weighted by atomic mass is 19.1. The third kappa shape index (κ3) is 2.79. The Kier molecular flexibility index (Phi) is 3.88. The van der Waals surface area contributed by atoms with Crippen molar-refractivity contribution in [3.8, 4) is 0 Å². The van der Waals surface area contributed by atoms with Gasteiger partial charge >= 0.3 is 0 Å². The van der Waals surface area contributed by atoms with E-state index in [0.29, 0.717) is 12.8 Å². The summed E-state index contributed by atoms with van der Waals surface area (Å²) in [5.41, 5.74) is 0. The molecule has 2 nitrogen and oxygen atoms in total. The lowest BCUT2D eigenvalue weighted by Gasteiger charge is -2.30. The van der Waals surface area contributed by atoms with Crippen LogP contribution in [0.2, 0.25) is 0 Å². The summed E-state index contributed by atoms with van der Waals surface area (Å²) < 4.78 is 18.7. The molecule has 0 aromatic heterocycles. The fourth-order valence-corrected chi connectivity index (χ4v) is 2.26. The van der Waals surface area contributed by atoms with Crippen molar-refractivity contribution in [3.05, 3.63) is 24.1 Å². The van der Waals surface area contributed by atoms with Gasteiger partial charge in [-0.15, -0.1) is 0 Å². The summed E-state index contributed by atoms with van der Waals surface area (Å²) in [5, 5.41) is 0. The zero-order chi connectivity index (χ0) is 11.4. The van der Waals surface area contributed by atoms with Gasteiger partial charge in [0, 0.05) is 12.3 Å². The summed E-state index contributed by atoms with van der Waals surface area (Å²) in [6.45, 7) is 0. The summed E-state index contributed by atoms with van der Waals surface area (Å²) >= 11 is 0. The standard InChI is InChI=1S/C13H17FO2/c14-11-5-7-12(8-6-11)16-13-4-2-1-3-10(13)9-15/h1-2,5,9-10,12-13H,3-4,6-8H2. The number of halogens is 1. The lowest BCUT2D eigenvalue weighted by molar-refractivity contribution is -0.119. The minimum Gasteiger partial charge on any atom is -0.374 e. The first-order valence-corrected chi connectivity index (χ1v) is 5.90. The van der Waals surface area contributed by atoms with Crippen LogP contribution in [0.25, 0.3) is 0 Å². The second-order valence-corrected chi connectivity index (χ2v) is 4.46. The molecule has 0 spiro atoms. The van der Waals surface area contributed by atoms with Gasteiger partial charge in [-0.2, -0.15) is 0 Å². The Hall–Kier alpha value is -0.960. The van der Waals surface area contributed by atoms with Crippen molar-refractivity contribution in [3.63, 3.8) is 0 Å². The molecule has 0 radical (unpaired) electrons. The smallest absolute Gasteiger partial charge is 0.125 e. The van der Waals surface area contributed by atoms with Gasteiger partial charge < -0.3 is 9.53 Å². The van der Waals surface area contributed by atoms with E-state index in [0.717, 1.165) is 25.5 Å². The molecule has 2 aliphatic carbocycles. The van der Waals surface area contributed by atoms with E-state index < -0.39 is 0 Å². The second kappa shape index (κ2) is 5.39. The minimum atomic E-state index is -0.0321. The summed E-state index contributed by atoms with van der Waals surface area (Å²) in [7, 11) is 0. The monoisotopic (exact) mass is 224 g/mol. The van der Waals surface area contributed by atoms with E-state index in [1.807, 2.05) is 6.08 Å². The Morgan fingerprint density at radius 2 is 2.12 bits per heavy atom. The Bertz CT molecular complexity index is 309. The van der Waals surface area contributed by atoms with Gasteiger partial charge in [0.2, 0.25) is 0 Å². The fourth-order valence-electron chi connectivity index (χ4n) is 2.26. The van der Waals surface area contributed by atoms with E-state index >= 15 is 0 Å². The zero-order valence-electron chi connectivity index (χ0n) is 9.27. The zero-order valence-corrected chi connectivity index (χ0v) is 9.27. The first-order valence-electron chi connectivity index (χ1n) is 5.90. The Labute approximate surface area is 95.2 Å². The third-order valence-corrected chi connectivity index (χ3v) is 3.27. The molecule has 0 fully saturated rings. The van der Waals surface area contributed by atoms with Gasteiger partial charge in [0.15, 0.2) is 0 Å². The highest BCUT2D eigenvalue weighted by Crippen LogP contribution is 2.27. The Morgan fingerprint density at radius 1 is 1.31 bits per heavy atom. The van der Waals surface area contributed by atoms with Gasteiger partial charge in [-0.25, -0.2) is 4.39 Å². The summed E-state index contributed by atoms with van der Waals surface area (Å²) in [6, 6.07) is 0. The van der Waals surface area contributed by atoms with Crippen LogP contribution in [0.1, 0.15) is 32.1 Å². The summed E-state index contributed by atoms with van der Waals surface area (Å²) in [4.78, 5) is 10.9. The molecular weight excluding hydrogens is 207 g/mol. The SMILES string of the molecule is O=CC1CC=CCC1OC1CC=C(F)CC1. The van der Waals surface area contributed by atoms with Crippen molar-refractivity contribution in [2.75, 3.05) is 0 Å². The number of allylic oxidation sites excluding steroid dienone is 2. The lowest BCUT2D eigenvalue weighted by Crippen LogP contribution is -2.31. The van der Waals surface area contributed by atoms with Crippen LogP contribution in [0, 0.1) is 5.92 Å². The van der Waals surface area contributed by atoms with E-state index in [-0.39, 0.29) is 24.0 Å². The number of hydrogen-bond acceptors (Lipinski definition) is 2. The van der Waals surface area contributed by atoms with Crippen molar-refractivity contribution < 1.29 is 13.9 Å². The maximum atomic E-state index is 12.8. The average Bonchev–Trinajstić information content (AvgIpc) is 2.33. The first-order chi connectivity index (χ1) is 7.79. The molecule has 3 heteroatoms. The number of carbonyl (C=O) groups excluding carboxylic acids is 1. The van der Waals surface area contributed by atoms with Crippen LogP contribution in [0.4, 0.5) is 4.39 Å². The molecule has 0 bridgehead atoms. The molecular formula is C13H17FO2. The number of ether oxygens (including phenoxy) is 1. The van der Waals surface area contributed by atoms with Crippen molar-refractivity contribution in [1.82, 2.24) is 0 Å². The molecule has 0 saturated heterocycles. The molecule has 2 aliphatic rings. The van der Waals surface area contributed by atoms with Gasteiger partial charge in [-0.3, -0.25) is 0 Å². The van der Waals surface area contributed by atoms with Crippen molar-refractivity contribution in [2.45, 2.75) is 44.3 Å². The number of rotatable bonds is 3. The maximum Gasteiger partial charge on any atom is 0.125 e. The quantitative estimate of drug-likeness (QED) is 0.544. The number of carbonyl (C=O) groups is 1. The molecule has 3 atom stereocenters. The molecule has 2 rings (SSSR count). The topological polar surface area (TPSA) is 26.3 Å². The van der Waals surface area contributed by atoms with Gasteiger partial charge in [0.1, 0.15) is 6.29 Å². The predicted octanol–water partition coefficient (Wildman–Crippen LogP) is 2.94. The van der Waals surface area contributed by atoms with Crippen LogP contribution in [0.15, 0.2) is 24.1 Å². The molecule has 0 aliphatic heterocycles. The van der Waals surface area contributed by atoms with Crippen LogP contribution in [-0.4, -0.2) is 18.5 Å². The second-order valence-electron chi connectivity index (χ2n) is 4.46. The van der Waals surface area contributed by atoms with Crippen LogP contribution < -0.4 is 0 Å². The predicted molar refractivity (Wildman–Crippen MR) is 59.6 cm³/mol. The maximum absolute atomic E-state index is 12.8. The van der Waals surface area contributed by atoms with E-state index in [9.17, 15) is 9.18 Å². The first kappa shape index (κ1) is 11.5. The average molecular weight is 224 g/mol. The van der Waals surface area contributed by atoms with Crippen LogP contribution in [0.5, 0.6) is 0 Å². The van der Waals surface area contributed by atoms with E-state index in [2.05, 4.69) is 6.08 Å². The van der Waals surface area contributed by atoms with E-state index in [1.165, 1.54) is 0 Å². The molecule has 3 unspecified atom stereocenters. The fraction of sp³-hybridized carbons (Fsp3) is 0.615. The molecule has 0 heterocycles. The van der Waals surface area contributed by atoms with E-state index in [4.69, 9.17) is 4.74 Å². The number of aldehydes is 1. The molecule has 16 heavy (non-hydrogen) atoms. The van der Waals surface area contributed by atoms with Gasteiger partial charge in [0.25, 0.3) is 0 Å². The largest absolute Gasteiger partial charge is 0.374 e. The number of hydrogen-bond donors (Lipinski definition) is 0. The van der Waals surface area contributed by atoms with Crippen LogP contribution in [0.3, 0.4) is 0 Å². The van der Waals surface area contributed by atoms with Gasteiger partial charge in [-0.05, 0) is 25.7 Å².